The zero-order chi connectivity index (χ0) is 34.0. The maximum absolute atomic E-state index is 2.61. The first-order valence-electron chi connectivity index (χ1n) is 19.3. The highest BCUT2D eigenvalue weighted by atomic mass is 32.1. The average Bonchev–Trinajstić information content (AvgIpc) is 3.70. The number of nitrogens with zero attached hydrogens (tertiary/aromatic N) is 1. The van der Waals surface area contributed by atoms with E-state index in [4.69, 9.17) is 0 Å². The average molecular weight is 686 g/mol. The van der Waals surface area contributed by atoms with Crippen LogP contribution in [0.25, 0.3) is 53.2 Å². The van der Waals surface area contributed by atoms with E-state index in [2.05, 4.69) is 157 Å². The van der Waals surface area contributed by atoms with Gasteiger partial charge in [-0.15, -0.1) is 11.3 Å². The molecule has 1 heterocycles. The highest BCUT2D eigenvalue weighted by molar-refractivity contribution is 7.25. The van der Waals surface area contributed by atoms with E-state index in [0.29, 0.717) is 0 Å². The molecule has 0 radical (unpaired) electrons. The summed E-state index contributed by atoms with van der Waals surface area (Å²) in [5.41, 5.74) is 12.6. The molecule has 1 nitrogen and oxygen atoms in total. The van der Waals surface area contributed by atoms with Crippen LogP contribution in [0, 0.1) is 23.7 Å². The number of thiophene rings is 1. The van der Waals surface area contributed by atoms with Gasteiger partial charge in [-0.05, 0) is 155 Å². The molecule has 4 saturated carbocycles. The maximum atomic E-state index is 2.61. The zero-order valence-electron chi connectivity index (χ0n) is 29.1. The van der Waals surface area contributed by atoms with Crippen LogP contribution in [0.1, 0.15) is 43.2 Å². The quantitative estimate of drug-likeness (QED) is 0.178. The number of hydrogen-bond donors (Lipinski definition) is 0. The molecule has 13 rings (SSSR count). The van der Waals surface area contributed by atoms with Gasteiger partial charge in [0.15, 0.2) is 0 Å². The Hall–Kier alpha value is -5.18. The first-order chi connectivity index (χ1) is 25.7. The van der Waals surface area contributed by atoms with Crippen molar-refractivity contribution in [2.75, 3.05) is 4.90 Å². The maximum Gasteiger partial charge on any atom is 0.0468 e. The third-order valence-corrected chi connectivity index (χ3v) is 14.8. The van der Waals surface area contributed by atoms with Crippen molar-refractivity contribution < 1.29 is 0 Å². The van der Waals surface area contributed by atoms with Gasteiger partial charge in [-0.2, -0.15) is 0 Å². The highest BCUT2D eigenvalue weighted by Gasteiger charge is 2.61. The monoisotopic (exact) mass is 685 g/mol. The van der Waals surface area contributed by atoms with Crippen molar-refractivity contribution in [3.05, 3.63) is 163 Å². The lowest BCUT2D eigenvalue weighted by Crippen LogP contribution is -2.55. The molecule has 4 fully saturated rings. The molecule has 0 atom stereocenters. The molecule has 5 aliphatic rings. The summed E-state index contributed by atoms with van der Waals surface area (Å²) < 4.78 is 2.67. The van der Waals surface area contributed by atoms with Crippen LogP contribution in [-0.2, 0) is 5.41 Å². The molecule has 250 valence electrons. The van der Waals surface area contributed by atoms with E-state index in [1.165, 1.54) is 102 Å². The first-order valence-corrected chi connectivity index (χ1v) is 20.1. The van der Waals surface area contributed by atoms with Crippen molar-refractivity contribution in [2.45, 2.75) is 37.5 Å². The number of benzene rings is 7. The second-order valence-electron chi connectivity index (χ2n) is 16.2. The number of anilines is 3. The molecule has 0 saturated heterocycles. The van der Waals surface area contributed by atoms with Gasteiger partial charge >= 0.3 is 0 Å². The third kappa shape index (κ3) is 4.10. The summed E-state index contributed by atoms with van der Waals surface area (Å²) in [6.45, 7) is 0. The molecule has 4 bridgehead atoms. The molecule has 8 aromatic rings. The normalized spacial score (nSPS) is 23.8. The highest BCUT2D eigenvalue weighted by Crippen LogP contribution is 2.69. The minimum atomic E-state index is 0.187. The van der Waals surface area contributed by atoms with Gasteiger partial charge in [0.1, 0.15) is 0 Å². The molecular formula is C50H39NS. The fourth-order valence-electron chi connectivity index (χ4n) is 11.8. The van der Waals surface area contributed by atoms with E-state index in [1.807, 2.05) is 11.3 Å². The smallest absolute Gasteiger partial charge is 0.0468 e. The number of hydrogen-bond acceptors (Lipinski definition) is 2. The Morgan fingerprint density at radius 2 is 1.08 bits per heavy atom. The van der Waals surface area contributed by atoms with Gasteiger partial charge in [0.25, 0.3) is 0 Å². The van der Waals surface area contributed by atoms with Gasteiger partial charge in [-0.1, -0.05) is 97.1 Å². The van der Waals surface area contributed by atoms with Crippen LogP contribution in [0.4, 0.5) is 17.1 Å². The van der Waals surface area contributed by atoms with Gasteiger partial charge in [0.2, 0.25) is 0 Å². The van der Waals surface area contributed by atoms with E-state index in [0.717, 1.165) is 23.7 Å². The molecular weight excluding hydrogens is 647 g/mol. The van der Waals surface area contributed by atoms with Crippen molar-refractivity contribution in [3.63, 3.8) is 0 Å². The van der Waals surface area contributed by atoms with E-state index in [-0.39, 0.29) is 5.41 Å². The van der Waals surface area contributed by atoms with Gasteiger partial charge in [0, 0.05) is 42.6 Å². The summed E-state index contributed by atoms with van der Waals surface area (Å²) in [6, 6.07) is 57.6. The second-order valence-corrected chi connectivity index (χ2v) is 17.3. The van der Waals surface area contributed by atoms with Crippen LogP contribution >= 0.6 is 11.3 Å². The molecule has 0 amide bonds. The third-order valence-electron chi connectivity index (χ3n) is 13.6. The standard InChI is InChI=1S/C50H39NS/c1-2-8-35-28-40(19-15-33(35)7-1)51(41-20-22-49-45(30-41)44-10-4-6-12-48(44)52-49)39-17-13-34(14-18-39)36-16-21-43-42-9-3-5-11-46(42)50(47(43)29-36)37-24-31-23-32(26-37)27-38(50)25-31/h1-22,28-32,37-38H,23-27H2. The minimum Gasteiger partial charge on any atom is -0.310 e. The van der Waals surface area contributed by atoms with Gasteiger partial charge < -0.3 is 4.90 Å². The fourth-order valence-corrected chi connectivity index (χ4v) is 12.8. The Morgan fingerprint density at radius 3 is 1.92 bits per heavy atom. The van der Waals surface area contributed by atoms with Crippen molar-refractivity contribution >= 4 is 59.3 Å². The van der Waals surface area contributed by atoms with Crippen LogP contribution in [-0.4, -0.2) is 0 Å². The summed E-state index contributed by atoms with van der Waals surface area (Å²) >= 11 is 1.88. The summed E-state index contributed by atoms with van der Waals surface area (Å²) in [5.74, 6) is 3.45. The minimum absolute atomic E-state index is 0.187. The summed E-state index contributed by atoms with van der Waals surface area (Å²) in [7, 11) is 0. The molecule has 1 spiro atoms. The summed E-state index contributed by atoms with van der Waals surface area (Å²) in [4.78, 5) is 2.44. The molecule has 0 unspecified atom stereocenters. The van der Waals surface area contributed by atoms with Crippen LogP contribution < -0.4 is 4.90 Å². The zero-order valence-corrected chi connectivity index (χ0v) is 30.0. The van der Waals surface area contributed by atoms with E-state index in [1.54, 1.807) is 11.1 Å². The molecule has 5 aliphatic carbocycles. The Kier molecular flexibility index (Phi) is 6.17. The van der Waals surface area contributed by atoms with Crippen LogP contribution in [0.3, 0.4) is 0 Å². The van der Waals surface area contributed by atoms with Crippen molar-refractivity contribution in [1.82, 2.24) is 0 Å². The van der Waals surface area contributed by atoms with E-state index >= 15 is 0 Å². The van der Waals surface area contributed by atoms with Crippen LogP contribution in [0.15, 0.2) is 152 Å². The molecule has 1 aromatic heterocycles. The predicted molar refractivity (Wildman–Crippen MR) is 220 cm³/mol. The lowest BCUT2D eigenvalue weighted by Gasteiger charge is -2.61. The predicted octanol–water partition coefficient (Wildman–Crippen LogP) is 14.1. The Morgan fingerprint density at radius 1 is 0.442 bits per heavy atom. The largest absolute Gasteiger partial charge is 0.310 e. The van der Waals surface area contributed by atoms with Crippen LogP contribution in [0.2, 0.25) is 0 Å². The molecule has 0 aliphatic heterocycles. The fraction of sp³-hybridized carbons (Fsp3) is 0.200. The van der Waals surface area contributed by atoms with Crippen molar-refractivity contribution in [1.29, 1.82) is 0 Å². The first kappa shape index (κ1) is 29.4. The van der Waals surface area contributed by atoms with E-state index < -0.39 is 0 Å². The van der Waals surface area contributed by atoms with Crippen molar-refractivity contribution in [3.8, 4) is 22.3 Å². The van der Waals surface area contributed by atoms with E-state index in [9.17, 15) is 0 Å². The van der Waals surface area contributed by atoms with Gasteiger partial charge in [-0.25, -0.2) is 0 Å². The van der Waals surface area contributed by atoms with Crippen LogP contribution in [0.5, 0.6) is 0 Å². The molecule has 7 aromatic carbocycles. The Labute approximate surface area is 309 Å². The molecule has 52 heavy (non-hydrogen) atoms. The van der Waals surface area contributed by atoms with Crippen molar-refractivity contribution in [2.24, 2.45) is 23.7 Å². The summed E-state index contributed by atoms with van der Waals surface area (Å²) in [5, 5.41) is 5.16. The Balaban J connectivity index is 0.978. The summed E-state index contributed by atoms with van der Waals surface area (Å²) in [6.07, 6.45) is 7.14. The topological polar surface area (TPSA) is 3.24 Å². The number of rotatable bonds is 4. The lowest BCUT2D eigenvalue weighted by atomic mass is 9.43. The lowest BCUT2D eigenvalue weighted by molar-refractivity contribution is -0.0399. The Bertz CT molecular complexity index is 2690. The van der Waals surface area contributed by atoms with Gasteiger partial charge in [-0.3, -0.25) is 0 Å². The molecule has 2 heteroatoms. The number of fused-ring (bicyclic) bond motifs is 7. The van der Waals surface area contributed by atoms with Gasteiger partial charge in [0.05, 0.1) is 0 Å². The molecule has 0 N–H and O–H groups in total. The second kappa shape index (κ2) is 10.9. The SMILES string of the molecule is c1ccc2c(c1)-c1ccc(-c3ccc(N(c4ccc5ccccc5c4)c4ccc5sc6ccccc6c5c4)cc3)cc1C21C2CC3CC(C2)CC1C3.